The summed E-state index contributed by atoms with van der Waals surface area (Å²) in [6, 6.07) is 7.46. The van der Waals surface area contributed by atoms with Crippen LogP contribution in [0, 0.1) is 0 Å². The van der Waals surface area contributed by atoms with E-state index in [2.05, 4.69) is 5.32 Å². The van der Waals surface area contributed by atoms with E-state index < -0.39 is 11.6 Å². The first kappa shape index (κ1) is 16.3. The van der Waals surface area contributed by atoms with E-state index in [0.717, 1.165) is 36.3 Å². The van der Waals surface area contributed by atoms with Gasteiger partial charge in [0.2, 0.25) is 0 Å². The third-order valence-electron chi connectivity index (χ3n) is 3.09. The normalized spacial score (nSPS) is 13.3. The summed E-state index contributed by atoms with van der Waals surface area (Å²) in [5, 5.41) is 13.8. The number of nitrogens with one attached hydrogen (secondary N) is 1. The molecule has 0 radical (unpaired) electrons. The predicted molar refractivity (Wildman–Crippen MR) is 79.7 cm³/mol. The minimum atomic E-state index is -0.621. The minimum absolute atomic E-state index is 0.438. The molecular formula is C14H23NO3S. The van der Waals surface area contributed by atoms with E-state index >= 15 is 0 Å². The van der Waals surface area contributed by atoms with Crippen molar-refractivity contribution in [1.82, 2.24) is 5.32 Å². The molecule has 0 aliphatic heterocycles. The molecule has 0 amide bonds. The number of aliphatic hydroxyl groups excluding tert-OH is 1. The van der Waals surface area contributed by atoms with Crippen LogP contribution in [0.15, 0.2) is 24.3 Å². The highest BCUT2D eigenvalue weighted by molar-refractivity contribution is 7.93. The average Bonchev–Trinajstić information content (AvgIpc) is 2.43. The Balaban J connectivity index is 2.65. The first-order valence-corrected chi connectivity index (χ1v) is 7.29. The zero-order valence-electron chi connectivity index (χ0n) is 11.7. The number of hydrogen-bond acceptors (Lipinski definition) is 5. The molecule has 108 valence electrons. The van der Waals surface area contributed by atoms with Gasteiger partial charge in [0.1, 0.15) is 5.75 Å². The third kappa shape index (κ3) is 5.03. The quantitative estimate of drug-likeness (QED) is 0.506. The molecule has 5 heteroatoms. The Labute approximate surface area is 119 Å². The molecule has 0 spiro atoms. The molecule has 3 N–H and O–H groups in total. The van der Waals surface area contributed by atoms with Gasteiger partial charge < -0.3 is 19.7 Å². The molecule has 1 atom stereocenters. The first-order chi connectivity index (χ1) is 9.01. The number of methoxy groups -OCH3 is 1. The second kappa shape index (κ2) is 7.75. The minimum Gasteiger partial charge on any atom is -0.497 e. The van der Waals surface area contributed by atoms with E-state index in [4.69, 9.17) is 9.29 Å². The maximum atomic E-state index is 10.5. The Kier molecular flexibility index (Phi) is 6.65. The maximum Gasteiger partial charge on any atom is 0.119 e. The molecule has 0 fully saturated rings. The summed E-state index contributed by atoms with van der Waals surface area (Å²) in [5.41, 5.74) is 0.389. The van der Waals surface area contributed by atoms with Crippen LogP contribution in [0.25, 0.3) is 0 Å². The van der Waals surface area contributed by atoms with Crippen molar-refractivity contribution in [2.75, 3.05) is 19.4 Å². The summed E-state index contributed by atoms with van der Waals surface area (Å²) in [5.74, 6) is 1.43. The van der Waals surface area contributed by atoms with Gasteiger partial charge in [0.25, 0.3) is 0 Å². The van der Waals surface area contributed by atoms with E-state index in [-0.39, 0.29) is 0 Å². The van der Waals surface area contributed by atoms with Gasteiger partial charge in [-0.05, 0) is 56.6 Å². The lowest BCUT2D eigenvalue weighted by Gasteiger charge is -2.32. The highest BCUT2D eigenvalue weighted by atomic mass is 32.2. The predicted octanol–water partition coefficient (Wildman–Crippen LogP) is 2.69. The Bertz CT molecular complexity index is 385. The molecule has 0 aliphatic carbocycles. The lowest BCUT2D eigenvalue weighted by atomic mass is 9.91. The zero-order valence-corrected chi connectivity index (χ0v) is 12.5. The van der Waals surface area contributed by atoms with Gasteiger partial charge in [-0.15, -0.1) is 0 Å². The van der Waals surface area contributed by atoms with Crippen molar-refractivity contribution in [2.24, 2.45) is 0 Å². The molecule has 0 aromatic heterocycles. The molecular weight excluding hydrogens is 262 g/mol. The highest BCUT2D eigenvalue weighted by Crippen LogP contribution is 2.27. The van der Waals surface area contributed by atoms with Crippen LogP contribution in [0.3, 0.4) is 0 Å². The van der Waals surface area contributed by atoms with Crippen LogP contribution in [0.5, 0.6) is 5.75 Å². The van der Waals surface area contributed by atoms with Crippen LogP contribution in [-0.4, -0.2) is 34.6 Å². The van der Waals surface area contributed by atoms with Gasteiger partial charge in [-0.3, -0.25) is 0 Å². The van der Waals surface area contributed by atoms with Gasteiger partial charge in [-0.25, -0.2) is 0 Å². The molecule has 0 bridgehead atoms. The van der Waals surface area contributed by atoms with Crippen molar-refractivity contribution in [2.45, 2.75) is 31.9 Å². The molecule has 1 unspecified atom stereocenters. The molecule has 1 aromatic carbocycles. The van der Waals surface area contributed by atoms with Crippen molar-refractivity contribution in [3.05, 3.63) is 29.8 Å². The molecule has 19 heavy (non-hydrogen) atoms. The fourth-order valence-corrected chi connectivity index (χ4v) is 2.15. The van der Waals surface area contributed by atoms with E-state index in [0.29, 0.717) is 5.75 Å². The smallest absolute Gasteiger partial charge is 0.119 e. The number of aliphatic hydroxyl groups is 1. The lowest BCUT2D eigenvalue weighted by molar-refractivity contribution is 0.0804. The van der Waals surface area contributed by atoms with Gasteiger partial charge in [-0.2, -0.15) is 0 Å². The van der Waals surface area contributed by atoms with Crippen molar-refractivity contribution in [3.8, 4) is 5.75 Å². The summed E-state index contributed by atoms with van der Waals surface area (Å²) < 4.78 is 13.8. The zero-order chi connectivity index (χ0) is 14.3. The standard InChI is InChI=1S/C14H23NO3S/c1-14(2,15-8-5-9-19-17)13(16)11-6-4-7-12(10-11)18-3/h4,6-7,10,13,15-17H,5,8-9H2,1-3H3. The molecule has 0 saturated carbocycles. The van der Waals surface area contributed by atoms with Crippen molar-refractivity contribution in [3.63, 3.8) is 0 Å². The van der Waals surface area contributed by atoms with Crippen molar-refractivity contribution >= 4 is 12.0 Å². The lowest BCUT2D eigenvalue weighted by Crippen LogP contribution is -2.45. The monoisotopic (exact) mass is 285 g/mol. The van der Waals surface area contributed by atoms with Gasteiger partial charge in [0.05, 0.1) is 13.2 Å². The molecule has 0 saturated heterocycles. The topological polar surface area (TPSA) is 61.7 Å². The van der Waals surface area contributed by atoms with Crippen LogP contribution in [-0.2, 0) is 0 Å². The Morgan fingerprint density at radius 2 is 2.16 bits per heavy atom. The number of hydrogen-bond donors (Lipinski definition) is 3. The second-order valence-corrected chi connectivity index (χ2v) is 5.68. The van der Waals surface area contributed by atoms with E-state index in [1.807, 2.05) is 38.1 Å². The Morgan fingerprint density at radius 1 is 1.42 bits per heavy atom. The SMILES string of the molecule is COc1cccc(C(O)C(C)(C)NCCCSO)c1. The molecule has 0 heterocycles. The Hall–Kier alpha value is -0.750. The summed E-state index contributed by atoms with van der Waals surface area (Å²) in [6.07, 6.45) is 0.236. The average molecular weight is 285 g/mol. The number of benzene rings is 1. The molecule has 0 aliphatic rings. The fourth-order valence-electron chi connectivity index (χ4n) is 1.87. The number of ether oxygens (including phenoxy) is 1. The Morgan fingerprint density at radius 3 is 2.79 bits per heavy atom. The highest BCUT2D eigenvalue weighted by Gasteiger charge is 2.28. The molecule has 4 nitrogen and oxygen atoms in total. The van der Waals surface area contributed by atoms with Crippen LogP contribution in [0.4, 0.5) is 0 Å². The van der Waals surface area contributed by atoms with E-state index in [1.165, 1.54) is 0 Å². The summed E-state index contributed by atoms with van der Waals surface area (Å²) in [6.45, 7) is 4.67. The number of rotatable bonds is 8. The van der Waals surface area contributed by atoms with Crippen LogP contribution in [0.1, 0.15) is 31.9 Å². The van der Waals surface area contributed by atoms with Crippen molar-refractivity contribution in [1.29, 1.82) is 0 Å². The van der Waals surface area contributed by atoms with E-state index in [1.54, 1.807) is 7.11 Å². The molecule has 1 aromatic rings. The van der Waals surface area contributed by atoms with Crippen LogP contribution < -0.4 is 10.1 Å². The van der Waals surface area contributed by atoms with Gasteiger partial charge in [0, 0.05) is 11.3 Å². The largest absolute Gasteiger partial charge is 0.497 e. The summed E-state index contributed by atoms with van der Waals surface area (Å²) in [7, 11) is 1.61. The second-order valence-electron chi connectivity index (χ2n) is 5.01. The third-order valence-corrected chi connectivity index (χ3v) is 3.56. The van der Waals surface area contributed by atoms with Gasteiger partial charge in [0.15, 0.2) is 0 Å². The first-order valence-electron chi connectivity index (χ1n) is 6.34. The van der Waals surface area contributed by atoms with E-state index in [9.17, 15) is 5.11 Å². The van der Waals surface area contributed by atoms with Gasteiger partial charge >= 0.3 is 0 Å². The summed E-state index contributed by atoms with van der Waals surface area (Å²) in [4.78, 5) is 0. The van der Waals surface area contributed by atoms with Crippen LogP contribution in [0.2, 0.25) is 0 Å². The van der Waals surface area contributed by atoms with Crippen molar-refractivity contribution < 1.29 is 14.4 Å². The fraction of sp³-hybridized carbons (Fsp3) is 0.571. The summed E-state index contributed by atoms with van der Waals surface area (Å²) >= 11 is 0.843. The maximum absolute atomic E-state index is 10.5. The van der Waals surface area contributed by atoms with Crippen LogP contribution >= 0.6 is 12.0 Å². The van der Waals surface area contributed by atoms with Gasteiger partial charge in [-0.1, -0.05) is 12.1 Å². The molecule has 1 rings (SSSR count).